The minimum Gasteiger partial charge on any atom is -0.340 e. The Morgan fingerprint density at radius 2 is 2.23 bits per heavy atom. The molecule has 3 rings (SSSR count). The molecule has 0 saturated carbocycles. The second kappa shape index (κ2) is 9.48. The molecular formula is C19H26N4OS2. The summed E-state index contributed by atoms with van der Waals surface area (Å²) in [6.07, 6.45) is 5.92. The number of piperidine rings is 1. The highest BCUT2D eigenvalue weighted by Gasteiger charge is 2.27. The number of hydrogen-bond acceptors (Lipinski definition) is 6. The number of rotatable bonds is 7. The van der Waals surface area contributed by atoms with Crippen molar-refractivity contribution in [2.75, 3.05) is 25.4 Å². The number of likely N-dealkylation sites (N-methyl/N-ethyl adjacent to an activating group) is 1. The van der Waals surface area contributed by atoms with Gasteiger partial charge in [0.2, 0.25) is 5.91 Å². The number of nitrogens with zero attached hydrogens (tertiary/aromatic N) is 4. The molecule has 1 amide bonds. The molecule has 0 unspecified atom stereocenters. The molecule has 1 aliphatic rings. The van der Waals surface area contributed by atoms with Crippen molar-refractivity contribution in [3.63, 3.8) is 0 Å². The molecule has 0 aromatic carbocycles. The summed E-state index contributed by atoms with van der Waals surface area (Å²) in [5.41, 5.74) is 2.30. The Bertz CT molecular complexity index is 707. The number of hydrogen-bond donors (Lipinski definition) is 0. The van der Waals surface area contributed by atoms with Crippen LogP contribution in [-0.2, 0) is 11.3 Å². The maximum Gasteiger partial charge on any atom is 0.233 e. The van der Waals surface area contributed by atoms with Crippen molar-refractivity contribution < 1.29 is 4.79 Å². The Hall–Kier alpha value is -1.44. The third kappa shape index (κ3) is 5.28. The number of pyridine rings is 1. The van der Waals surface area contributed by atoms with E-state index in [4.69, 9.17) is 0 Å². The van der Waals surface area contributed by atoms with Crippen LogP contribution in [0.1, 0.15) is 31.0 Å². The molecule has 1 atom stereocenters. The van der Waals surface area contributed by atoms with E-state index in [9.17, 15) is 4.79 Å². The highest BCUT2D eigenvalue weighted by Crippen LogP contribution is 2.24. The number of carbonyl (C=O) groups is 1. The van der Waals surface area contributed by atoms with Crippen LogP contribution in [0.4, 0.5) is 0 Å². The second-order valence-electron chi connectivity index (χ2n) is 6.60. The zero-order valence-electron chi connectivity index (χ0n) is 15.4. The van der Waals surface area contributed by atoms with Crippen molar-refractivity contribution >= 4 is 29.0 Å². The van der Waals surface area contributed by atoms with E-state index in [1.807, 2.05) is 29.6 Å². The minimum absolute atomic E-state index is 0.229. The summed E-state index contributed by atoms with van der Waals surface area (Å²) in [5.74, 6) is 0.711. The highest BCUT2D eigenvalue weighted by atomic mass is 32.2. The van der Waals surface area contributed by atoms with E-state index in [2.05, 4.69) is 33.9 Å². The van der Waals surface area contributed by atoms with Gasteiger partial charge in [0.25, 0.3) is 0 Å². The Morgan fingerprint density at radius 3 is 2.92 bits per heavy atom. The van der Waals surface area contributed by atoms with Gasteiger partial charge >= 0.3 is 0 Å². The number of aryl methyl sites for hydroxylation is 1. The van der Waals surface area contributed by atoms with Crippen molar-refractivity contribution in [3.05, 3.63) is 41.2 Å². The van der Waals surface area contributed by atoms with Crippen LogP contribution in [0.3, 0.4) is 0 Å². The molecular weight excluding hydrogens is 364 g/mol. The van der Waals surface area contributed by atoms with Crippen molar-refractivity contribution in [1.82, 2.24) is 19.8 Å². The number of aromatic nitrogens is 2. The van der Waals surface area contributed by atoms with Crippen LogP contribution < -0.4 is 0 Å². The van der Waals surface area contributed by atoms with E-state index in [0.29, 0.717) is 11.8 Å². The van der Waals surface area contributed by atoms with Gasteiger partial charge in [-0.15, -0.1) is 11.3 Å². The first-order valence-corrected chi connectivity index (χ1v) is 11.0. The van der Waals surface area contributed by atoms with Crippen LogP contribution in [0.2, 0.25) is 0 Å². The summed E-state index contributed by atoms with van der Waals surface area (Å²) in [6, 6.07) is 4.57. The van der Waals surface area contributed by atoms with Gasteiger partial charge in [-0.05, 0) is 44.0 Å². The smallest absolute Gasteiger partial charge is 0.233 e. The molecule has 5 nitrogen and oxygen atoms in total. The monoisotopic (exact) mass is 390 g/mol. The average Bonchev–Trinajstić information content (AvgIpc) is 3.10. The predicted octanol–water partition coefficient (Wildman–Crippen LogP) is 3.45. The van der Waals surface area contributed by atoms with E-state index >= 15 is 0 Å². The van der Waals surface area contributed by atoms with E-state index in [-0.39, 0.29) is 5.91 Å². The van der Waals surface area contributed by atoms with Gasteiger partial charge in [0.05, 0.1) is 5.75 Å². The molecule has 2 aromatic rings. The van der Waals surface area contributed by atoms with Crippen LogP contribution in [0.15, 0.2) is 34.2 Å². The molecule has 1 saturated heterocycles. The Labute approximate surface area is 163 Å². The highest BCUT2D eigenvalue weighted by molar-refractivity contribution is 8.01. The lowest BCUT2D eigenvalue weighted by molar-refractivity contribution is -0.130. The zero-order chi connectivity index (χ0) is 18.4. The van der Waals surface area contributed by atoms with E-state index < -0.39 is 0 Å². The number of amides is 1. The van der Waals surface area contributed by atoms with Gasteiger partial charge < -0.3 is 4.90 Å². The largest absolute Gasteiger partial charge is 0.340 e. The van der Waals surface area contributed by atoms with Crippen LogP contribution in [0, 0.1) is 6.92 Å². The first-order chi connectivity index (χ1) is 12.7. The zero-order valence-corrected chi connectivity index (χ0v) is 17.1. The van der Waals surface area contributed by atoms with Crippen molar-refractivity contribution in [2.24, 2.45) is 0 Å². The normalized spacial score (nSPS) is 17.7. The summed E-state index contributed by atoms with van der Waals surface area (Å²) in [7, 11) is 0. The summed E-state index contributed by atoms with van der Waals surface area (Å²) in [6.45, 7) is 7.79. The number of thiazole rings is 1. The van der Waals surface area contributed by atoms with Gasteiger partial charge in [-0.2, -0.15) is 0 Å². The lowest BCUT2D eigenvalue weighted by atomic mass is 10.0. The topological polar surface area (TPSA) is 49.3 Å². The minimum atomic E-state index is 0.229. The van der Waals surface area contributed by atoms with Crippen molar-refractivity contribution in [2.45, 2.75) is 43.6 Å². The lowest BCUT2D eigenvalue weighted by Gasteiger charge is -2.39. The molecule has 0 N–H and O–H groups in total. The molecule has 0 aliphatic carbocycles. The summed E-state index contributed by atoms with van der Waals surface area (Å²) in [4.78, 5) is 25.7. The quantitative estimate of drug-likeness (QED) is 0.678. The fourth-order valence-electron chi connectivity index (χ4n) is 3.31. The molecule has 0 radical (unpaired) electrons. The van der Waals surface area contributed by atoms with Gasteiger partial charge in [0, 0.05) is 49.1 Å². The molecule has 1 fully saturated rings. The molecule has 3 heterocycles. The Balaban J connectivity index is 1.54. The Morgan fingerprint density at radius 1 is 1.42 bits per heavy atom. The first kappa shape index (κ1) is 19.3. The molecule has 7 heteroatoms. The molecule has 140 valence electrons. The van der Waals surface area contributed by atoms with E-state index in [0.717, 1.165) is 49.1 Å². The third-order valence-corrected chi connectivity index (χ3v) is 6.85. The predicted molar refractivity (Wildman–Crippen MR) is 107 cm³/mol. The van der Waals surface area contributed by atoms with Gasteiger partial charge in [-0.3, -0.25) is 14.7 Å². The molecule has 2 aromatic heterocycles. The summed E-state index contributed by atoms with van der Waals surface area (Å²) >= 11 is 3.17. The lowest BCUT2D eigenvalue weighted by Crippen LogP contribution is -2.50. The third-order valence-electron chi connectivity index (χ3n) is 4.72. The van der Waals surface area contributed by atoms with Crippen LogP contribution in [-0.4, -0.2) is 57.1 Å². The molecule has 0 bridgehead atoms. The molecule has 1 aliphatic heterocycles. The number of thioether (sulfide) groups is 1. The molecule has 0 spiro atoms. The van der Waals surface area contributed by atoms with Gasteiger partial charge in [0.1, 0.15) is 0 Å². The maximum atomic E-state index is 12.6. The SMILES string of the molecule is CCN(Cc1ccncc1)[C@@H]1CCCN(C(=O)CSc2nc(C)cs2)C1. The first-order valence-electron chi connectivity index (χ1n) is 9.11. The van der Waals surface area contributed by atoms with Crippen molar-refractivity contribution in [3.8, 4) is 0 Å². The second-order valence-corrected chi connectivity index (χ2v) is 8.68. The fourth-order valence-corrected chi connectivity index (χ4v) is 5.07. The van der Waals surface area contributed by atoms with E-state index in [1.165, 1.54) is 5.56 Å². The summed E-state index contributed by atoms with van der Waals surface area (Å²) < 4.78 is 0.984. The van der Waals surface area contributed by atoms with Gasteiger partial charge in [-0.1, -0.05) is 18.7 Å². The van der Waals surface area contributed by atoms with Crippen molar-refractivity contribution in [1.29, 1.82) is 0 Å². The van der Waals surface area contributed by atoms with Crippen LogP contribution in [0.25, 0.3) is 0 Å². The Kier molecular flexibility index (Phi) is 7.05. The van der Waals surface area contributed by atoms with Crippen LogP contribution in [0.5, 0.6) is 0 Å². The number of likely N-dealkylation sites (tertiary alicyclic amines) is 1. The standard InChI is InChI=1S/C19H26N4OS2/c1-3-22(11-16-6-8-20-9-7-16)17-5-4-10-23(12-17)18(24)14-26-19-21-15(2)13-25-19/h6-9,13,17H,3-5,10-12,14H2,1-2H3/t17-/m1/s1. The fraction of sp³-hybridized carbons (Fsp3) is 0.526. The maximum absolute atomic E-state index is 12.6. The van der Waals surface area contributed by atoms with Gasteiger partial charge in [-0.25, -0.2) is 4.98 Å². The average molecular weight is 391 g/mol. The number of carbonyl (C=O) groups excluding carboxylic acids is 1. The molecule has 26 heavy (non-hydrogen) atoms. The van der Waals surface area contributed by atoms with E-state index in [1.54, 1.807) is 23.1 Å². The van der Waals surface area contributed by atoms with Crippen LogP contribution >= 0.6 is 23.1 Å². The van der Waals surface area contributed by atoms with Gasteiger partial charge in [0.15, 0.2) is 4.34 Å². The summed E-state index contributed by atoms with van der Waals surface area (Å²) in [5, 5.41) is 2.03.